The van der Waals surface area contributed by atoms with Crippen LogP contribution in [0, 0.1) is 23.9 Å². The zero-order chi connectivity index (χ0) is 9.61. The second-order valence-electron chi connectivity index (χ2n) is 2.99. The molecule has 1 nitrogen and oxygen atoms in total. The third-order valence-corrected chi connectivity index (χ3v) is 3.61. The average molecular weight is 180 g/mol. The first kappa shape index (κ1) is 11.3. The Balaban J connectivity index is 4.23. The van der Waals surface area contributed by atoms with E-state index in [-0.39, 0.29) is 5.60 Å². The van der Waals surface area contributed by atoms with Crippen LogP contribution in [0.2, 0.25) is 0 Å². The standard InChI is InChI=1S/C10H16OSi/c1-6-10(5,7-2)11-12(8-3)9-4/h3-4,12H,6-7H2,1-2,5H3. The molecule has 0 aromatic heterocycles. The largest absolute Gasteiger partial charge is 0.393 e. The van der Waals surface area contributed by atoms with E-state index in [4.69, 9.17) is 17.3 Å². The van der Waals surface area contributed by atoms with Crippen molar-refractivity contribution in [3.8, 4) is 23.9 Å². The topological polar surface area (TPSA) is 9.23 Å². The molecule has 0 aromatic carbocycles. The summed E-state index contributed by atoms with van der Waals surface area (Å²) in [5, 5.41) is 0. The molecular weight excluding hydrogens is 164 g/mol. The molecule has 0 atom stereocenters. The third-order valence-electron chi connectivity index (χ3n) is 2.20. The molecule has 0 unspecified atom stereocenters. The van der Waals surface area contributed by atoms with E-state index in [9.17, 15) is 0 Å². The number of terminal acetylenes is 2. The van der Waals surface area contributed by atoms with Gasteiger partial charge in [-0.3, -0.25) is 0 Å². The lowest BCUT2D eigenvalue weighted by Gasteiger charge is -2.28. The normalized spacial score (nSPS) is 10.8. The van der Waals surface area contributed by atoms with Crippen LogP contribution in [0.4, 0.5) is 0 Å². The van der Waals surface area contributed by atoms with Crippen molar-refractivity contribution < 1.29 is 4.43 Å². The summed E-state index contributed by atoms with van der Waals surface area (Å²) in [5.41, 5.74) is 5.00. The maximum absolute atomic E-state index is 5.70. The van der Waals surface area contributed by atoms with Crippen molar-refractivity contribution in [2.75, 3.05) is 0 Å². The summed E-state index contributed by atoms with van der Waals surface area (Å²) in [6, 6.07) is 0. The minimum atomic E-state index is -1.80. The molecule has 0 aliphatic heterocycles. The van der Waals surface area contributed by atoms with Gasteiger partial charge in [0.15, 0.2) is 0 Å². The molecule has 0 saturated heterocycles. The molecule has 0 aromatic rings. The zero-order valence-electron chi connectivity index (χ0n) is 8.05. The molecule has 0 bridgehead atoms. The van der Waals surface area contributed by atoms with E-state index < -0.39 is 9.04 Å². The van der Waals surface area contributed by atoms with Gasteiger partial charge in [-0.05, 0) is 19.8 Å². The van der Waals surface area contributed by atoms with E-state index in [0.717, 1.165) is 12.8 Å². The van der Waals surface area contributed by atoms with E-state index >= 15 is 0 Å². The first-order valence-electron chi connectivity index (χ1n) is 4.22. The lowest BCUT2D eigenvalue weighted by atomic mass is 10.0. The quantitative estimate of drug-likeness (QED) is 0.472. The van der Waals surface area contributed by atoms with E-state index in [0.29, 0.717) is 0 Å². The highest BCUT2D eigenvalue weighted by Crippen LogP contribution is 2.19. The molecule has 66 valence electrons. The summed E-state index contributed by atoms with van der Waals surface area (Å²) in [7, 11) is -1.80. The fourth-order valence-electron chi connectivity index (χ4n) is 0.817. The van der Waals surface area contributed by atoms with Gasteiger partial charge in [0.2, 0.25) is 0 Å². The molecular formula is C10H16OSi. The highest BCUT2D eigenvalue weighted by Gasteiger charge is 2.23. The Hall–Kier alpha value is -0.703. The molecule has 0 amide bonds. The van der Waals surface area contributed by atoms with Crippen molar-refractivity contribution in [1.82, 2.24) is 0 Å². The predicted molar refractivity (Wildman–Crippen MR) is 54.9 cm³/mol. The zero-order valence-corrected chi connectivity index (χ0v) is 9.21. The highest BCUT2D eigenvalue weighted by atomic mass is 28.3. The van der Waals surface area contributed by atoms with Crippen molar-refractivity contribution in [1.29, 1.82) is 0 Å². The highest BCUT2D eigenvalue weighted by molar-refractivity contribution is 6.69. The second-order valence-corrected chi connectivity index (χ2v) is 4.65. The second kappa shape index (κ2) is 5.03. The van der Waals surface area contributed by atoms with Crippen LogP contribution in [0.5, 0.6) is 0 Å². The summed E-state index contributed by atoms with van der Waals surface area (Å²) in [6.45, 7) is 6.23. The lowest BCUT2D eigenvalue weighted by Crippen LogP contribution is -2.33. The van der Waals surface area contributed by atoms with Crippen molar-refractivity contribution in [3.05, 3.63) is 0 Å². The third kappa shape index (κ3) is 3.13. The monoisotopic (exact) mass is 180 g/mol. The van der Waals surface area contributed by atoms with Crippen LogP contribution in [-0.4, -0.2) is 14.6 Å². The van der Waals surface area contributed by atoms with Crippen LogP contribution in [0.15, 0.2) is 0 Å². The molecule has 0 N–H and O–H groups in total. The van der Waals surface area contributed by atoms with Crippen molar-refractivity contribution in [2.24, 2.45) is 0 Å². The van der Waals surface area contributed by atoms with Crippen LogP contribution < -0.4 is 0 Å². The Bertz CT molecular complexity index is 191. The van der Waals surface area contributed by atoms with Gasteiger partial charge < -0.3 is 4.43 Å². The number of rotatable bonds is 4. The summed E-state index contributed by atoms with van der Waals surface area (Å²) >= 11 is 0. The van der Waals surface area contributed by atoms with E-state index in [1.165, 1.54) is 0 Å². The van der Waals surface area contributed by atoms with Gasteiger partial charge >= 0.3 is 9.04 Å². The Labute approximate surface area is 77.2 Å². The average Bonchev–Trinajstić information content (AvgIpc) is 2.14. The van der Waals surface area contributed by atoms with Crippen LogP contribution in [0.25, 0.3) is 0 Å². The minimum Gasteiger partial charge on any atom is -0.393 e. The molecule has 0 aliphatic carbocycles. The van der Waals surface area contributed by atoms with Gasteiger partial charge in [-0.1, -0.05) is 24.9 Å². The molecule has 0 saturated carbocycles. The first-order valence-corrected chi connectivity index (χ1v) is 5.84. The molecule has 0 rings (SSSR count). The Morgan fingerprint density at radius 3 is 1.92 bits per heavy atom. The van der Waals surface area contributed by atoms with E-state index in [1.807, 2.05) is 0 Å². The predicted octanol–water partition coefficient (Wildman–Crippen LogP) is 1.65. The first-order chi connectivity index (χ1) is 5.61. The van der Waals surface area contributed by atoms with Gasteiger partial charge in [-0.25, -0.2) is 0 Å². The smallest absolute Gasteiger partial charge is 0.337 e. The Morgan fingerprint density at radius 2 is 1.67 bits per heavy atom. The maximum atomic E-state index is 5.70. The van der Waals surface area contributed by atoms with Gasteiger partial charge in [-0.2, -0.15) is 0 Å². The SMILES string of the molecule is C#C[SiH](C#C)OC(C)(CC)CC. The van der Waals surface area contributed by atoms with Crippen molar-refractivity contribution in [2.45, 2.75) is 39.2 Å². The summed E-state index contributed by atoms with van der Waals surface area (Å²) in [6.07, 6.45) is 12.4. The van der Waals surface area contributed by atoms with Crippen LogP contribution in [0.1, 0.15) is 33.6 Å². The van der Waals surface area contributed by atoms with Gasteiger partial charge in [0.05, 0.1) is 5.60 Å². The molecule has 0 fully saturated rings. The van der Waals surface area contributed by atoms with Crippen LogP contribution >= 0.6 is 0 Å². The van der Waals surface area contributed by atoms with Crippen LogP contribution in [0.3, 0.4) is 0 Å². The van der Waals surface area contributed by atoms with E-state index in [1.54, 1.807) is 0 Å². The molecule has 12 heavy (non-hydrogen) atoms. The van der Waals surface area contributed by atoms with Gasteiger partial charge in [0.25, 0.3) is 0 Å². The number of hydrogen-bond donors (Lipinski definition) is 0. The fourth-order valence-corrected chi connectivity index (χ4v) is 1.95. The fraction of sp³-hybridized carbons (Fsp3) is 0.600. The minimum absolute atomic E-state index is 0.115. The van der Waals surface area contributed by atoms with Gasteiger partial charge in [0, 0.05) is 0 Å². The maximum Gasteiger partial charge on any atom is 0.337 e. The molecule has 0 spiro atoms. The van der Waals surface area contributed by atoms with E-state index in [2.05, 4.69) is 31.9 Å². The molecule has 0 heterocycles. The van der Waals surface area contributed by atoms with Gasteiger partial charge in [0.1, 0.15) is 0 Å². The molecule has 0 radical (unpaired) electrons. The van der Waals surface area contributed by atoms with Crippen LogP contribution in [-0.2, 0) is 4.43 Å². The summed E-state index contributed by atoms with van der Waals surface area (Å²) in [5.74, 6) is 0. The summed E-state index contributed by atoms with van der Waals surface area (Å²) in [4.78, 5) is 0. The van der Waals surface area contributed by atoms with Crippen molar-refractivity contribution in [3.63, 3.8) is 0 Å². The molecule has 2 heteroatoms. The molecule has 0 aliphatic rings. The Kier molecular flexibility index (Phi) is 4.74. The Morgan fingerprint density at radius 1 is 1.25 bits per heavy atom. The van der Waals surface area contributed by atoms with Gasteiger partial charge in [-0.15, -0.1) is 12.8 Å². The summed E-state index contributed by atoms with van der Waals surface area (Å²) < 4.78 is 5.70. The van der Waals surface area contributed by atoms with Crippen molar-refractivity contribution >= 4 is 9.04 Å². The number of hydrogen-bond acceptors (Lipinski definition) is 1. The lowest BCUT2D eigenvalue weighted by molar-refractivity contribution is 0.0840.